The Labute approximate surface area is 122 Å². The van der Waals surface area contributed by atoms with E-state index in [1.807, 2.05) is 0 Å². The molecule has 0 heterocycles. The summed E-state index contributed by atoms with van der Waals surface area (Å²) in [4.78, 5) is -0.0943. The van der Waals surface area contributed by atoms with Crippen molar-refractivity contribution in [2.24, 2.45) is 0 Å². The molecule has 114 valence electrons. The summed E-state index contributed by atoms with van der Waals surface area (Å²) in [5.74, 6) is -0.405. The summed E-state index contributed by atoms with van der Waals surface area (Å²) < 4.78 is 55.6. The van der Waals surface area contributed by atoms with Crippen LogP contribution in [0.25, 0.3) is 0 Å². The molecule has 0 aromatic heterocycles. The van der Waals surface area contributed by atoms with Crippen LogP contribution in [0.5, 0.6) is 0 Å². The molecule has 0 amide bonds. The van der Waals surface area contributed by atoms with Crippen LogP contribution in [0.1, 0.15) is 12.8 Å². The molecule has 0 unspecified atom stereocenters. The Bertz CT molecular complexity index is 673. The second kappa shape index (κ2) is 6.72. The van der Waals surface area contributed by atoms with Crippen LogP contribution in [-0.4, -0.2) is 33.7 Å². The Hall–Kier alpha value is -0.870. The number of anilines is 1. The lowest BCUT2D eigenvalue weighted by molar-refractivity contribution is 0.480. The quantitative estimate of drug-likeness (QED) is 0.383. The number of unbranched alkanes of at least 4 members (excludes halogenated alkanes) is 1. The van der Waals surface area contributed by atoms with E-state index >= 15 is 0 Å². The Balaban J connectivity index is 2.58. The molecule has 1 rings (SSSR count). The molecule has 0 saturated carbocycles. The number of halogens is 1. The molecule has 7 nitrogen and oxygen atoms in total. The van der Waals surface area contributed by atoms with Crippen LogP contribution in [0.15, 0.2) is 23.1 Å². The van der Waals surface area contributed by atoms with Gasteiger partial charge in [0.2, 0.25) is 10.0 Å². The van der Waals surface area contributed by atoms with E-state index in [0.717, 1.165) is 0 Å². The lowest BCUT2D eigenvalue weighted by atomic mass is 10.3. The summed E-state index contributed by atoms with van der Waals surface area (Å²) in [6.07, 6.45) is 0.419. The highest BCUT2D eigenvalue weighted by Gasteiger charge is 2.17. The maximum Gasteiger partial charge on any atom is 0.264 e. The third-order valence-corrected chi connectivity index (χ3v) is 5.12. The zero-order chi connectivity index (χ0) is 15.4. The SMILES string of the molecule is Nc1ccc(S(=O)(=O)NCCCCS(=O)(=O)O)c(Cl)c1. The topological polar surface area (TPSA) is 127 Å². The Morgan fingerprint density at radius 2 is 1.85 bits per heavy atom. The van der Waals surface area contributed by atoms with E-state index in [9.17, 15) is 16.8 Å². The number of nitrogens with one attached hydrogen (secondary N) is 1. The molecular weight excluding hydrogens is 328 g/mol. The first-order valence-corrected chi connectivity index (χ1v) is 9.09. The van der Waals surface area contributed by atoms with Crippen LogP contribution < -0.4 is 10.5 Å². The molecule has 0 fully saturated rings. The van der Waals surface area contributed by atoms with Crippen molar-refractivity contribution in [1.29, 1.82) is 0 Å². The van der Waals surface area contributed by atoms with Gasteiger partial charge < -0.3 is 5.73 Å². The van der Waals surface area contributed by atoms with E-state index in [1.54, 1.807) is 0 Å². The van der Waals surface area contributed by atoms with E-state index < -0.39 is 25.9 Å². The van der Waals surface area contributed by atoms with Crippen molar-refractivity contribution in [3.63, 3.8) is 0 Å². The smallest absolute Gasteiger partial charge is 0.264 e. The zero-order valence-corrected chi connectivity index (χ0v) is 12.8. The summed E-state index contributed by atoms with van der Waals surface area (Å²) in [5, 5.41) is 0.00966. The number of nitrogen functional groups attached to an aromatic ring is 1. The van der Waals surface area contributed by atoms with Crippen LogP contribution >= 0.6 is 11.6 Å². The minimum absolute atomic E-state index is 0.00966. The van der Waals surface area contributed by atoms with Crippen molar-refractivity contribution in [3.05, 3.63) is 23.2 Å². The monoisotopic (exact) mass is 342 g/mol. The third-order valence-electron chi connectivity index (χ3n) is 2.37. The molecule has 0 aliphatic rings. The maximum absolute atomic E-state index is 11.9. The van der Waals surface area contributed by atoms with E-state index in [1.165, 1.54) is 18.2 Å². The van der Waals surface area contributed by atoms with Crippen molar-refractivity contribution in [2.75, 3.05) is 18.0 Å². The minimum atomic E-state index is -4.02. The summed E-state index contributed by atoms with van der Waals surface area (Å²) in [5.41, 5.74) is 5.82. The Kier molecular flexibility index (Phi) is 5.78. The number of rotatable bonds is 7. The number of nitrogens with two attached hydrogens (primary N) is 1. The summed E-state index contributed by atoms with van der Waals surface area (Å²) in [6, 6.07) is 4.03. The van der Waals surface area contributed by atoms with Gasteiger partial charge in [0.15, 0.2) is 0 Å². The predicted molar refractivity (Wildman–Crippen MR) is 76.7 cm³/mol. The van der Waals surface area contributed by atoms with Gasteiger partial charge in [0, 0.05) is 12.2 Å². The molecule has 0 atom stereocenters. The van der Waals surface area contributed by atoms with Crippen molar-refractivity contribution >= 4 is 37.4 Å². The van der Waals surface area contributed by atoms with Crippen molar-refractivity contribution in [3.8, 4) is 0 Å². The lowest BCUT2D eigenvalue weighted by Crippen LogP contribution is -2.25. The molecule has 0 aliphatic carbocycles. The maximum atomic E-state index is 11.9. The summed E-state index contributed by atoms with van der Waals surface area (Å²) >= 11 is 5.80. The molecule has 0 bridgehead atoms. The fraction of sp³-hybridized carbons (Fsp3) is 0.400. The molecule has 0 spiro atoms. The number of benzene rings is 1. The van der Waals surface area contributed by atoms with E-state index in [-0.39, 0.29) is 29.3 Å². The highest BCUT2D eigenvalue weighted by atomic mass is 35.5. The largest absolute Gasteiger partial charge is 0.399 e. The van der Waals surface area contributed by atoms with Crippen LogP contribution in [0.4, 0.5) is 5.69 Å². The molecule has 1 aromatic rings. The van der Waals surface area contributed by atoms with Crippen molar-refractivity contribution < 1.29 is 21.4 Å². The highest BCUT2D eigenvalue weighted by molar-refractivity contribution is 7.89. The first-order valence-electron chi connectivity index (χ1n) is 5.62. The Morgan fingerprint density at radius 1 is 1.20 bits per heavy atom. The third kappa shape index (κ3) is 5.63. The van der Waals surface area contributed by atoms with Gasteiger partial charge in [-0.05, 0) is 31.0 Å². The fourth-order valence-electron chi connectivity index (χ4n) is 1.43. The number of hydrogen-bond donors (Lipinski definition) is 3. The van der Waals surface area contributed by atoms with Gasteiger partial charge in [-0.2, -0.15) is 8.42 Å². The normalized spacial score (nSPS) is 12.5. The van der Waals surface area contributed by atoms with E-state index in [2.05, 4.69) is 4.72 Å². The molecular formula is C10H15ClN2O5S2. The molecule has 0 aliphatic heterocycles. The Morgan fingerprint density at radius 3 is 2.40 bits per heavy atom. The second-order valence-electron chi connectivity index (χ2n) is 4.08. The summed E-state index contributed by atoms with van der Waals surface area (Å²) in [7, 11) is -7.79. The average molecular weight is 343 g/mol. The molecule has 0 radical (unpaired) electrons. The van der Waals surface area contributed by atoms with Gasteiger partial charge in [0.1, 0.15) is 4.90 Å². The van der Waals surface area contributed by atoms with Crippen molar-refractivity contribution in [2.45, 2.75) is 17.7 Å². The second-order valence-corrected chi connectivity index (χ2v) is 7.80. The van der Waals surface area contributed by atoms with Crippen LogP contribution in [0.2, 0.25) is 5.02 Å². The van der Waals surface area contributed by atoms with E-state index in [4.69, 9.17) is 21.9 Å². The van der Waals surface area contributed by atoms with Gasteiger partial charge in [-0.3, -0.25) is 4.55 Å². The summed E-state index contributed by atoms with van der Waals surface area (Å²) in [6.45, 7) is 0.0402. The van der Waals surface area contributed by atoms with Gasteiger partial charge in [-0.15, -0.1) is 0 Å². The minimum Gasteiger partial charge on any atom is -0.399 e. The van der Waals surface area contributed by atoms with E-state index in [0.29, 0.717) is 5.69 Å². The number of sulfonamides is 1. The first kappa shape index (κ1) is 17.2. The fourth-order valence-corrected chi connectivity index (χ4v) is 3.62. The average Bonchev–Trinajstić information content (AvgIpc) is 2.26. The van der Waals surface area contributed by atoms with Crippen LogP contribution in [-0.2, 0) is 20.1 Å². The number of hydrogen-bond acceptors (Lipinski definition) is 5. The molecule has 1 aromatic carbocycles. The zero-order valence-electron chi connectivity index (χ0n) is 10.4. The van der Waals surface area contributed by atoms with Crippen LogP contribution in [0.3, 0.4) is 0 Å². The van der Waals surface area contributed by atoms with Gasteiger partial charge in [-0.25, -0.2) is 13.1 Å². The molecule has 20 heavy (non-hydrogen) atoms. The standard InChI is InChI=1S/C10H15ClN2O5S2/c11-9-7-8(12)3-4-10(9)20(17,18)13-5-1-2-6-19(14,15)16/h3-4,7,13H,1-2,5-6,12H2,(H,14,15,16). The van der Waals surface area contributed by atoms with Crippen molar-refractivity contribution in [1.82, 2.24) is 4.72 Å². The van der Waals surface area contributed by atoms with Crippen LogP contribution in [0, 0.1) is 0 Å². The molecule has 10 heteroatoms. The first-order chi connectivity index (χ1) is 9.12. The van der Waals surface area contributed by atoms with Gasteiger partial charge in [0.05, 0.1) is 10.8 Å². The highest BCUT2D eigenvalue weighted by Crippen LogP contribution is 2.23. The van der Waals surface area contributed by atoms with Gasteiger partial charge in [0.25, 0.3) is 10.1 Å². The van der Waals surface area contributed by atoms with Gasteiger partial charge >= 0.3 is 0 Å². The van der Waals surface area contributed by atoms with Gasteiger partial charge in [-0.1, -0.05) is 11.6 Å². The molecule has 0 saturated heterocycles. The lowest BCUT2D eigenvalue weighted by Gasteiger charge is -2.08. The molecule has 4 N–H and O–H groups in total. The predicted octanol–water partition coefficient (Wildman–Crippen LogP) is 0.868.